The fourth-order valence-corrected chi connectivity index (χ4v) is 2.20. The third kappa shape index (κ3) is 3.50. The van der Waals surface area contributed by atoms with Crippen LogP contribution in [-0.4, -0.2) is 46.6 Å². The second kappa shape index (κ2) is 5.61. The molecule has 0 aromatic rings. The molecule has 0 bridgehead atoms. The maximum Gasteiger partial charge on any atom is 0.232 e. The normalized spacial score (nSPS) is 22.0. The Morgan fingerprint density at radius 2 is 2.36 bits per heavy atom. The van der Waals surface area contributed by atoms with E-state index in [4.69, 9.17) is 5.11 Å². The van der Waals surface area contributed by atoms with Crippen molar-refractivity contribution in [3.63, 3.8) is 0 Å². The highest BCUT2D eigenvalue weighted by molar-refractivity contribution is 8.00. The molecule has 1 rings (SSSR count). The van der Waals surface area contributed by atoms with Crippen LogP contribution in [0.15, 0.2) is 0 Å². The van der Waals surface area contributed by atoms with Crippen molar-refractivity contribution in [2.24, 2.45) is 5.92 Å². The Morgan fingerprint density at radius 3 is 2.86 bits per heavy atom. The van der Waals surface area contributed by atoms with E-state index in [2.05, 4.69) is 13.8 Å². The number of rotatable bonds is 4. The first kappa shape index (κ1) is 11.9. The second-order valence-electron chi connectivity index (χ2n) is 4.04. The van der Waals surface area contributed by atoms with Crippen molar-refractivity contribution in [2.45, 2.75) is 25.5 Å². The lowest BCUT2D eigenvalue weighted by atomic mass is 10.1. The van der Waals surface area contributed by atoms with Crippen molar-refractivity contribution in [2.75, 3.05) is 25.4 Å². The molecule has 1 amide bonds. The summed E-state index contributed by atoms with van der Waals surface area (Å²) in [5.41, 5.74) is 0. The number of hydrogen-bond donors (Lipinski definition) is 1. The van der Waals surface area contributed by atoms with E-state index >= 15 is 0 Å². The molecule has 14 heavy (non-hydrogen) atoms. The van der Waals surface area contributed by atoms with E-state index in [1.54, 1.807) is 11.8 Å². The maximum absolute atomic E-state index is 11.6. The van der Waals surface area contributed by atoms with Gasteiger partial charge in [0.15, 0.2) is 0 Å². The van der Waals surface area contributed by atoms with Gasteiger partial charge in [0.2, 0.25) is 5.91 Å². The van der Waals surface area contributed by atoms with Crippen molar-refractivity contribution in [3.05, 3.63) is 0 Å². The summed E-state index contributed by atoms with van der Waals surface area (Å²) in [5, 5.41) is 9.45. The summed E-state index contributed by atoms with van der Waals surface area (Å²) in [6, 6.07) is 0. The molecule has 1 atom stereocenters. The van der Waals surface area contributed by atoms with Gasteiger partial charge in [-0.25, -0.2) is 0 Å². The molecular weight excluding hydrogens is 198 g/mol. The lowest BCUT2D eigenvalue weighted by molar-refractivity contribution is -0.127. The van der Waals surface area contributed by atoms with Crippen LogP contribution in [0.3, 0.4) is 0 Å². The first-order valence-electron chi connectivity index (χ1n) is 5.13. The van der Waals surface area contributed by atoms with Crippen LogP contribution in [0, 0.1) is 5.92 Å². The van der Waals surface area contributed by atoms with E-state index in [1.165, 1.54) is 0 Å². The summed E-state index contributed by atoms with van der Waals surface area (Å²) >= 11 is 1.68. The largest absolute Gasteiger partial charge is 0.396 e. The van der Waals surface area contributed by atoms with Gasteiger partial charge in [-0.05, 0) is 11.7 Å². The van der Waals surface area contributed by atoms with Gasteiger partial charge in [0.25, 0.3) is 0 Å². The van der Waals surface area contributed by atoms with Gasteiger partial charge in [0.1, 0.15) is 0 Å². The molecule has 1 unspecified atom stereocenters. The molecule has 0 aromatic carbocycles. The van der Waals surface area contributed by atoms with Crippen LogP contribution < -0.4 is 0 Å². The second-order valence-corrected chi connectivity index (χ2v) is 5.60. The number of likely N-dealkylation sites (tertiary alicyclic amines) is 1. The number of aliphatic hydroxyl groups is 1. The lowest BCUT2D eigenvalue weighted by Gasteiger charge is -2.16. The third-order valence-corrected chi connectivity index (χ3v) is 3.52. The zero-order valence-electron chi connectivity index (χ0n) is 8.90. The molecule has 82 valence electrons. The molecule has 1 saturated heterocycles. The van der Waals surface area contributed by atoms with E-state index in [0.29, 0.717) is 16.9 Å². The van der Waals surface area contributed by atoms with Gasteiger partial charge in [0, 0.05) is 25.6 Å². The Bertz CT molecular complexity index is 197. The van der Waals surface area contributed by atoms with Gasteiger partial charge in [0.05, 0.1) is 5.75 Å². The highest BCUT2D eigenvalue weighted by atomic mass is 32.2. The fourth-order valence-electron chi connectivity index (χ4n) is 1.54. The Labute approximate surface area is 89.9 Å². The minimum atomic E-state index is 0.209. The highest BCUT2D eigenvalue weighted by Gasteiger charge is 2.25. The van der Waals surface area contributed by atoms with E-state index in [1.807, 2.05) is 4.90 Å². The Balaban J connectivity index is 2.25. The van der Waals surface area contributed by atoms with Crippen LogP contribution in [0.1, 0.15) is 20.3 Å². The Morgan fingerprint density at radius 1 is 1.64 bits per heavy atom. The molecule has 1 fully saturated rings. The quantitative estimate of drug-likeness (QED) is 0.763. The van der Waals surface area contributed by atoms with Gasteiger partial charge in [-0.3, -0.25) is 4.79 Å². The molecule has 1 aliphatic heterocycles. The average molecular weight is 217 g/mol. The molecular formula is C10H19NO2S. The van der Waals surface area contributed by atoms with E-state index in [9.17, 15) is 4.79 Å². The minimum Gasteiger partial charge on any atom is -0.396 e. The number of thioether (sulfide) groups is 1. The summed E-state index contributed by atoms with van der Waals surface area (Å²) in [6.45, 7) is 5.97. The summed E-state index contributed by atoms with van der Waals surface area (Å²) in [7, 11) is 0. The molecule has 1 heterocycles. The van der Waals surface area contributed by atoms with Crippen LogP contribution in [0.2, 0.25) is 0 Å². The van der Waals surface area contributed by atoms with Gasteiger partial charge < -0.3 is 10.0 Å². The molecule has 0 radical (unpaired) electrons. The maximum atomic E-state index is 11.6. The van der Waals surface area contributed by atoms with Crippen LogP contribution >= 0.6 is 11.8 Å². The number of carbonyl (C=O) groups excluding carboxylic acids is 1. The van der Waals surface area contributed by atoms with Crippen molar-refractivity contribution in [1.29, 1.82) is 0 Å². The predicted molar refractivity (Wildman–Crippen MR) is 59.4 cm³/mol. The number of aliphatic hydroxyl groups excluding tert-OH is 1. The lowest BCUT2D eigenvalue weighted by Crippen LogP contribution is -2.30. The first-order valence-corrected chi connectivity index (χ1v) is 6.18. The molecule has 0 saturated carbocycles. The van der Waals surface area contributed by atoms with Crippen molar-refractivity contribution in [1.82, 2.24) is 4.90 Å². The standard InChI is InChI=1S/C10H19NO2S/c1-8(2)14-7-10(13)11-4-3-9(5-11)6-12/h8-9,12H,3-7H2,1-2H3. The minimum absolute atomic E-state index is 0.209. The molecule has 3 nitrogen and oxygen atoms in total. The van der Waals surface area contributed by atoms with Crippen LogP contribution in [0.5, 0.6) is 0 Å². The van der Waals surface area contributed by atoms with Gasteiger partial charge >= 0.3 is 0 Å². The monoisotopic (exact) mass is 217 g/mol. The van der Waals surface area contributed by atoms with Crippen LogP contribution in [-0.2, 0) is 4.79 Å². The number of amides is 1. The molecule has 1 aliphatic rings. The van der Waals surface area contributed by atoms with Crippen molar-refractivity contribution < 1.29 is 9.90 Å². The van der Waals surface area contributed by atoms with Crippen LogP contribution in [0.25, 0.3) is 0 Å². The number of nitrogens with zero attached hydrogens (tertiary/aromatic N) is 1. The fraction of sp³-hybridized carbons (Fsp3) is 0.900. The Kier molecular flexibility index (Phi) is 4.75. The van der Waals surface area contributed by atoms with Crippen LogP contribution in [0.4, 0.5) is 0 Å². The Hall–Kier alpha value is -0.220. The van der Waals surface area contributed by atoms with Crippen molar-refractivity contribution >= 4 is 17.7 Å². The summed E-state index contributed by atoms with van der Waals surface area (Å²) in [6.07, 6.45) is 0.953. The molecule has 0 spiro atoms. The number of hydrogen-bond acceptors (Lipinski definition) is 3. The van der Waals surface area contributed by atoms with Crippen molar-refractivity contribution in [3.8, 4) is 0 Å². The van der Waals surface area contributed by atoms with E-state index in [-0.39, 0.29) is 12.5 Å². The molecule has 0 aromatic heterocycles. The summed E-state index contributed by atoms with van der Waals surface area (Å²) in [4.78, 5) is 13.5. The molecule has 0 aliphatic carbocycles. The summed E-state index contributed by atoms with van der Waals surface area (Å²) < 4.78 is 0. The zero-order valence-corrected chi connectivity index (χ0v) is 9.72. The highest BCUT2D eigenvalue weighted by Crippen LogP contribution is 2.17. The van der Waals surface area contributed by atoms with E-state index in [0.717, 1.165) is 19.5 Å². The van der Waals surface area contributed by atoms with Gasteiger partial charge in [-0.1, -0.05) is 13.8 Å². The van der Waals surface area contributed by atoms with E-state index < -0.39 is 0 Å². The predicted octanol–water partition coefficient (Wildman–Crippen LogP) is 0.969. The average Bonchev–Trinajstić information content (AvgIpc) is 2.62. The first-order chi connectivity index (χ1) is 6.63. The summed E-state index contributed by atoms with van der Waals surface area (Å²) in [5.74, 6) is 1.11. The topological polar surface area (TPSA) is 40.5 Å². The zero-order chi connectivity index (χ0) is 10.6. The third-order valence-electron chi connectivity index (χ3n) is 2.44. The van der Waals surface area contributed by atoms with Gasteiger partial charge in [-0.15, -0.1) is 11.8 Å². The van der Waals surface area contributed by atoms with Gasteiger partial charge in [-0.2, -0.15) is 0 Å². The molecule has 4 heteroatoms. The SMILES string of the molecule is CC(C)SCC(=O)N1CCC(CO)C1. The number of carbonyl (C=O) groups is 1. The molecule has 1 N–H and O–H groups in total. The smallest absolute Gasteiger partial charge is 0.232 e.